The van der Waals surface area contributed by atoms with E-state index in [0.717, 1.165) is 21.6 Å². The molecule has 0 amide bonds. The molecule has 84 valence electrons. The molecule has 16 heavy (non-hydrogen) atoms. The molecule has 4 heteroatoms. The van der Waals surface area contributed by atoms with Crippen molar-refractivity contribution >= 4 is 27.5 Å². The highest BCUT2D eigenvalue weighted by Crippen LogP contribution is 2.30. The first-order valence-electron chi connectivity index (χ1n) is 4.88. The third-order valence-corrected chi connectivity index (χ3v) is 3.51. The van der Waals surface area contributed by atoms with E-state index in [1.165, 1.54) is 0 Å². The summed E-state index contributed by atoms with van der Waals surface area (Å²) in [6, 6.07) is 9.38. The van der Waals surface area contributed by atoms with E-state index in [1.54, 1.807) is 0 Å². The molecule has 0 spiro atoms. The molecule has 1 unspecified atom stereocenters. The van der Waals surface area contributed by atoms with Crippen LogP contribution in [0.15, 0.2) is 39.2 Å². The summed E-state index contributed by atoms with van der Waals surface area (Å²) in [6.45, 7) is 1.89. The van der Waals surface area contributed by atoms with Crippen molar-refractivity contribution in [2.45, 2.75) is 13.0 Å². The van der Waals surface area contributed by atoms with Crippen molar-refractivity contribution in [1.82, 2.24) is 0 Å². The molecule has 2 N–H and O–H groups in total. The Labute approximate surface area is 108 Å². The van der Waals surface area contributed by atoms with Crippen molar-refractivity contribution in [3.63, 3.8) is 0 Å². The highest BCUT2D eigenvalue weighted by Gasteiger charge is 2.08. The summed E-state index contributed by atoms with van der Waals surface area (Å²) in [5, 5.41) is 0.663. The lowest BCUT2D eigenvalue weighted by atomic mass is 10.2. The fraction of sp³-hybridized carbons (Fsp3) is 0.167. The van der Waals surface area contributed by atoms with E-state index in [4.69, 9.17) is 21.8 Å². The van der Waals surface area contributed by atoms with Gasteiger partial charge in [-0.15, -0.1) is 0 Å². The second kappa shape index (κ2) is 4.62. The third-order valence-electron chi connectivity index (χ3n) is 2.28. The Morgan fingerprint density at radius 1 is 1.31 bits per heavy atom. The molecule has 1 heterocycles. The first-order valence-corrected chi connectivity index (χ1v) is 6.06. The van der Waals surface area contributed by atoms with Gasteiger partial charge in [-0.1, -0.05) is 17.7 Å². The largest absolute Gasteiger partial charge is 0.459 e. The summed E-state index contributed by atoms with van der Waals surface area (Å²) in [6.07, 6.45) is 0. The monoisotopic (exact) mass is 299 g/mol. The molecule has 0 saturated heterocycles. The van der Waals surface area contributed by atoms with Crippen LogP contribution in [0, 0.1) is 0 Å². The standard InChI is InChI=1S/C12H11BrClNO/c1-7(15)11-4-5-12(16-11)8-2-3-9(13)10(14)6-8/h2-7H,15H2,1H3. The summed E-state index contributed by atoms with van der Waals surface area (Å²) in [7, 11) is 0. The Morgan fingerprint density at radius 2 is 2.06 bits per heavy atom. The molecule has 2 aromatic rings. The Balaban J connectivity index is 2.39. The maximum atomic E-state index is 6.02. The smallest absolute Gasteiger partial charge is 0.134 e. The summed E-state index contributed by atoms with van der Waals surface area (Å²) in [4.78, 5) is 0. The van der Waals surface area contributed by atoms with Crippen molar-refractivity contribution in [2.24, 2.45) is 5.73 Å². The fourth-order valence-electron chi connectivity index (χ4n) is 1.40. The van der Waals surface area contributed by atoms with Crippen LogP contribution in [0.25, 0.3) is 11.3 Å². The van der Waals surface area contributed by atoms with Crippen molar-refractivity contribution < 1.29 is 4.42 Å². The van der Waals surface area contributed by atoms with Gasteiger partial charge in [0, 0.05) is 10.0 Å². The zero-order valence-corrected chi connectivity index (χ0v) is 11.0. The van der Waals surface area contributed by atoms with Crippen LogP contribution in [-0.4, -0.2) is 0 Å². The number of rotatable bonds is 2. The van der Waals surface area contributed by atoms with E-state index in [-0.39, 0.29) is 6.04 Å². The molecule has 2 nitrogen and oxygen atoms in total. The van der Waals surface area contributed by atoms with Crippen LogP contribution in [0.2, 0.25) is 5.02 Å². The van der Waals surface area contributed by atoms with E-state index >= 15 is 0 Å². The van der Waals surface area contributed by atoms with E-state index in [1.807, 2.05) is 37.3 Å². The average molecular weight is 301 g/mol. The predicted octanol–water partition coefficient (Wildman–Crippen LogP) is 4.38. The van der Waals surface area contributed by atoms with Crippen molar-refractivity contribution in [1.29, 1.82) is 0 Å². The van der Waals surface area contributed by atoms with Crippen molar-refractivity contribution in [2.75, 3.05) is 0 Å². The Kier molecular flexibility index (Phi) is 3.38. The van der Waals surface area contributed by atoms with Crippen LogP contribution < -0.4 is 5.73 Å². The molecule has 0 aliphatic carbocycles. The molecule has 0 bridgehead atoms. The van der Waals surface area contributed by atoms with Gasteiger partial charge in [0.2, 0.25) is 0 Å². The first-order chi connectivity index (χ1) is 7.58. The predicted molar refractivity (Wildman–Crippen MR) is 69.5 cm³/mol. The third kappa shape index (κ3) is 2.32. The summed E-state index contributed by atoms with van der Waals surface area (Å²) >= 11 is 9.37. The molecular formula is C12H11BrClNO. The first kappa shape index (κ1) is 11.7. The maximum Gasteiger partial charge on any atom is 0.134 e. The summed E-state index contributed by atoms with van der Waals surface area (Å²) in [5.41, 5.74) is 6.68. The summed E-state index contributed by atoms with van der Waals surface area (Å²) in [5.74, 6) is 1.55. The van der Waals surface area contributed by atoms with Crippen LogP contribution in [0.3, 0.4) is 0 Å². The quantitative estimate of drug-likeness (QED) is 0.894. The van der Waals surface area contributed by atoms with Crippen LogP contribution >= 0.6 is 27.5 Å². The highest BCUT2D eigenvalue weighted by molar-refractivity contribution is 9.10. The van der Waals surface area contributed by atoms with E-state index < -0.39 is 0 Å². The van der Waals surface area contributed by atoms with Crippen molar-refractivity contribution in [3.8, 4) is 11.3 Å². The van der Waals surface area contributed by atoms with Gasteiger partial charge in [-0.05, 0) is 47.1 Å². The summed E-state index contributed by atoms with van der Waals surface area (Å²) < 4.78 is 6.50. The van der Waals surface area contributed by atoms with E-state index in [0.29, 0.717) is 5.02 Å². The molecular weight excluding hydrogens is 289 g/mol. The number of nitrogens with two attached hydrogens (primary N) is 1. The van der Waals surface area contributed by atoms with Gasteiger partial charge >= 0.3 is 0 Å². The second-order valence-electron chi connectivity index (χ2n) is 3.62. The average Bonchev–Trinajstić information content (AvgIpc) is 2.71. The Hall–Kier alpha value is -0.770. The number of furan rings is 1. The SMILES string of the molecule is CC(N)c1ccc(-c2ccc(Br)c(Cl)c2)o1. The van der Waals surface area contributed by atoms with Gasteiger partial charge in [0.05, 0.1) is 11.1 Å². The maximum absolute atomic E-state index is 6.02. The lowest BCUT2D eigenvalue weighted by molar-refractivity contribution is 0.491. The van der Waals surface area contributed by atoms with Crippen LogP contribution in [-0.2, 0) is 0 Å². The molecule has 1 aromatic heterocycles. The number of benzene rings is 1. The normalized spacial score (nSPS) is 12.8. The highest BCUT2D eigenvalue weighted by atomic mass is 79.9. The van der Waals surface area contributed by atoms with E-state index in [9.17, 15) is 0 Å². The molecule has 2 rings (SSSR count). The zero-order chi connectivity index (χ0) is 11.7. The van der Waals surface area contributed by atoms with Crippen LogP contribution in [0.4, 0.5) is 0 Å². The second-order valence-corrected chi connectivity index (χ2v) is 4.88. The zero-order valence-electron chi connectivity index (χ0n) is 8.71. The minimum absolute atomic E-state index is 0.0975. The van der Waals surface area contributed by atoms with Crippen LogP contribution in [0.5, 0.6) is 0 Å². The number of halogens is 2. The van der Waals surface area contributed by atoms with Crippen LogP contribution in [0.1, 0.15) is 18.7 Å². The van der Waals surface area contributed by atoms with E-state index in [2.05, 4.69) is 15.9 Å². The fourth-order valence-corrected chi connectivity index (χ4v) is 1.83. The molecule has 0 radical (unpaired) electrons. The topological polar surface area (TPSA) is 39.2 Å². The Bertz CT molecular complexity index is 507. The van der Waals surface area contributed by atoms with Gasteiger partial charge in [0.15, 0.2) is 0 Å². The number of hydrogen-bond acceptors (Lipinski definition) is 2. The molecule has 1 aromatic carbocycles. The van der Waals surface area contributed by atoms with Gasteiger partial charge in [-0.3, -0.25) is 0 Å². The molecule has 0 aliphatic heterocycles. The number of hydrogen-bond donors (Lipinski definition) is 1. The van der Waals surface area contributed by atoms with Gasteiger partial charge in [-0.25, -0.2) is 0 Å². The van der Waals surface area contributed by atoms with Crippen molar-refractivity contribution in [3.05, 3.63) is 45.6 Å². The Morgan fingerprint density at radius 3 is 2.62 bits per heavy atom. The van der Waals surface area contributed by atoms with Gasteiger partial charge in [-0.2, -0.15) is 0 Å². The lowest BCUT2D eigenvalue weighted by Crippen LogP contribution is -2.02. The minimum atomic E-state index is -0.0975. The molecule has 0 aliphatic rings. The molecule has 0 saturated carbocycles. The molecule has 0 fully saturated rings. The van der Waals surface area contributed by atoms with Gasteiger partial charge in [0.1, 0.15) is 11.5 Å². The molecule has 1 atom stereocenters. The minimum Gasteiger partial charge on any atom is -0.459 e. The lowest BCUT2D eigenvalue weighted by Gasteiger charge is -2.01. The van der Waals surface area contributed by atoms with Gasteiger partial charge in [0.25, 0.3) is 0 Å². The van der Waals surface area contributed by atoms with Gasteiger partial charge < -0.3 is 10.2 Å².